The van der Waals surface area contributed by atoms with Crippen LogP contribution in [0.3, 0.4) is 0 Å². The Morgan fingerprint density at radius 1 is 0.349 bits per heavy atom. The first-order valence-corrected chi connectivity index (χ1v) is 17.1. The van der Waals surface area contributed by atoms with Crippen LogP contribution in [0.5, 0.6) is 0 Å². The zero-order chi connectivity index (χ0) is 28.8. The van der Waals surface area contributed by atoms with Crippen LogP contribution >= 0.6 is 34.0 Å². The van der Waals surface area contributed by atoms with E-state index in [0.717, 1.165) is 6.42 Å². The van der Waals surface area contributed by atoms with Crippen molar-refractivity contribution in [3.8, 4) is 52.2 Å². The maximum atomic E-state index is 2.30. The van der Waals surface area contributed by atoms with Gasteiger partial charge in [0, 0.05) is 41.1 Å². The van der Waals surface area contributed by atoms with Crippen LogP contribution in [-0.2, 0) is 6.42 Å². The Morgan fingerprint density at radius 3 is 1.26 bits per heavy atom. The number of hydrogen-bond acceptors (Lipinski definition) is 3. The van der Waals surface area contributed by atoms with E-state index in [0.29, 0.717) is 0 Å². The minimum Gasteiger partial charge on any atom is -0.140 e. The Labute approximate surface area is 264 Å². The maximum Gasteiger partial charge on any atom is 0.0534 e. The molecule has 0 saturated carbocycles. The number of benzene rings is 5. The average Bonchev–Trinajstić information content (AvgIpc) is 3.81. The molecule has 0 bridgehead atoms. The first-order valence-electron chi connectivity index (χ1n) is 14.7. The van der Waals surface area contributed by atoms with Gasteiger partial charge >= 0.3 is 0 Å². The van der Waals surface area contributed by atoms with Crippen molar-refractivity contribution in [1.29, 1.82) is 0 Å². The van der Waals surface area contributed by atoms with Gasteiger partial charge < -0.3 is 0 Å². The van der Waals surface area contributed by atoms with Crippen LogP contribution in [0.15, 0.2) is 140 Å². The summed E-state index contributed by atoms with van der Waals surface area (Å²) in [6.45, 7) is 2.22. The van der Waals surface area contributed by atoms with Crippen LogP contribution in [0, 0.1) is 0 Å². The van der Waals surface area contributed by atoms with Gasteiger partial charge in [-0.2, -0.15) is 0 Å². The van der Waals surface area contributed by atoms with Crippen LogP contribution in [0.4, 0.5) is 0 Å². The fourth-order valence-corrected chi connectivity index (χ4v) is 9.58. The molecule has 0 aliphatic carbocycles. The molecule has 3 aromatic heterocycles. The number of thiophene rings is 3. The number of rotatable bonds is 6. The van der Waals surface area contributed by atoms with Crippen LogP contribution in [0.2, 0.25) is 0 Å². The van der Waals surface area contributed by atoms with Crippen molar-refractivity contribution in [3.63, 3.8) is 0 Å². The fourth-order valence-electron chi connectivity index (χ4n) is 5.90. The molecule has 3 heterocycles. The summed E-state index contributed by atoms with van der Waals surface area (Å²) in [5.41, 5.74) is 6.33. The lowest BCUT2D eigenvalue weighted by Gasteiger charge is -2.04. The number of hydrogen-bond donors (Lipinski definition) is 0. The van der Waals surface area contributed by atoms with Crippen molar-refractivity contribution in [1.82, 2.24) is 0 Å². The van der Waals surface area contributed by atoms with Crippen molar-refractivity contribution in [2.45, 2.75) is 13.3 Å². The summed E-state index contributed by atoms with van der Waals surface area (Å²) in [7, 11) is 0. The SMILES string of the molecule is CCc1ccc(-c2ccc(-c3sc(-c4sc(-c5ccc(-c6ccccc6)cc5)c5ccccc45)c4ccccc34)cc2)s1. The Morgan fingerprint density at radius 2 is 0.767 bits per heavy atom. The summed E-state index contributed by atoms with van der Waals surface area (Å²) < 4.78 is 0. The van der Waals surface area contributed by atoms with Gasteiger partial charge in [-0.1, -0.05) is 134 Å². The van der Waals surface area contributed by atoms with E-state index < -0.39 is 0 Å². The standard InChI is InChI=1S/C40H28S3/c1-2-31-24-25-36(41-31)28-18-22-30(23-19-28)38-33-13-7-9-15-35(33)40(43-38)39-34-14-8-6-12-32(34)37(42-39)29-20-16-27(17-21-29)26-10-4-3-5-11-26/h3-25H,2H2,1H3. The van der Waals surface area contributed by atoms with Crippen molar-refractivity contribution in [2.75, 3.05) is 0 Å². The first-order chi connectivity index (χ1) is 21.3. The Bertz CT molecular complexity index is 2190. The third kappa shape index (κ3) is 4.74. The first kappa shape index (κ1) is 26.4. The zero-order valence-electron chi connectivity index (χ0n) is 23.7. The molecule has 8 aromatic rings. The molecular formula is C40H28S3. The highest BCUT2D eigenvalue weighted by atomic mass is 32.1. The Balaban J connectivity index is 1.23. The van der Waals surface area contributed by atoms with E-state index in [1.54, 1.807) is 0 Å². The average molecular weight is 605 g/mol. The van der Waals surface area contributed by atoms with E-state index in [1.807, 2.05) is 34.0 Å². The molecule has 0 nitrogen and oxygen atoms in total. The Kier molecular flexibility index (Phi) is 6.80. The summed E-state index contributed by atoms with van der Waals surface area (Å²) in [6.07, 6.45) is 1.09. The van der Waals surface area contributed by atoms with Gasteiger partial charge in [0.05, 0.1) is 9.75 Å². The molecule has 0 spiro atoms. The topological polar surface area (TPSA) is 0 Å². The van der Waals surface area contributed by atoms with E-state index in [-0.39, 0.29) is 0 Å². The maximum absolute atomic E-state index is 2.30. The third-order valence-electron chi connectivity index (χ3n) is 8.14. The van der Waals surface area contributed by atoms with E-state index in [9.17, 15) is 0 Å². The number of fused-ring (bicyclic) bond motifs is 2. The highest BCUT2D eigenvalue weighted by Gasteiger charge is 2.20. The van der Waals surface area contributed by atoms with Crippen molar-refractivity contribution >= 4 is 55.6 Å². The molecule has 0 aliphatic rings. The predicted molar refractivity (Wildman–Crippen MR) is 192 cm³/mol. The van der Waals surface area contributed by atoms with Crippen LogP contribution in [0.1, 0.15) is 11.8 Å². The predicted octanol–water partition coefficient (Wildman–Crippen LogP) is 13.1. The lowest BCUT2D eigenvalue weighted by atomic mass is 10.0. The fraction of sp³-hybridized carbons (Fsp3) is 0.0500. The minimum atomic E-state index is 1.09. The van der Waals surface area contributed by atoms with Crippen LogP contribution in [0.25, 0.3) is 73.7 Å². The number of aryl methyl sites for hydroxylation is 1. The van der Waals surface area contributed by atoms with Crippen molar-refractivity contribution < 1.29 is 0 Å². The molecule has 0 radical (unpaired) electrons. The molecule has 0 atom stereocenters. The normalized spacial score (nSPS) is 11.5. The van der Waals surface area contributed by atoms with Gasteiger partial charge in [0.2, 0.25) is 0 Å². The molecule has 206 valence electrons. The largest absolute Gasteiger partial charge is 0.140 e. The van der Waals surface area contributed by atoms with E-state index >= 15 is 0 Å². The van der Waals surface area contributed by atoms with Crippen LogP contribution in [-0.4, -0.2) is 0 Å². The van der Waals surface area contributed by atoms with E-state index in [4.69, 9.17) is 0 Å². The molecule has 8 rings (SSSR count). The van der Waals surface area contributed by atoms with Crippen LogP contribution < -0.4 is 0 Å². The second kappa shape index (κ2) is 11.1. The van der Waals surface area contributed by atoms with Gasteiger partial charge in [-0.15, -0.1) is 34.0 Å². The summed E-state index contributed by atoms with van der Waals surface area (Å²) in [6, 6.07) is 51.2. The summed E-state index contributed by atoms with van der Waals surface area (Å²) >= 11 is 5.74. The van der Waals surface area contributed by atoms with Crippen molar-refractivity contribution in [3.05, 3.63) is 144 Å². The van der Waals surface area contributed by atoms with E-state index in [2.05, 4.69) is 146 Å². The molecule has 0 unspecified atom stereocenters. The summed E-state index contributed by atoms with van der Waals surface area (Å²) in [4.78, 5) is 8.15. The molecule has 0 amide bonds. The van der Waals surface area contributed by atoms with Gasteiger partial charge in [-0.25, -0.2) is 0 Å². The monoisotopic (exact) mass is 604 g/mol. The Hall–Kier alpha value is -4.28. The second-order valence-electron chi connectivity index (χ2n) is 10.8. The highest BCUT2D eigenvalue weighted by molar-refractivity contribution is 7.27. The molecule has 43 heavy (non-hydrogen) atoms. The summed E-state index contributed by atoms with van der Waals surface area (Å²) in [5.74, 6) is 0. The van der Waals surface area contributed by atoms with Gasteiger partial charge in [0.1, 0.15) is 0 Å². The lowest BCUT2D eigenvalue weighted by molar-refractivity contribution is 1.19. The van der Waals surface area contributed by atoms with Gasteiger partial charge in [-0.05, 0) is 46.4 Å². The van der Waals surface area contributed by atoms with Gasteiger partial charge in [0.25, 0.3) is 0 Å². The minimum absolute atomic E-state index is 1.09. The molecule has 0 N–H and O–H groups in total. The zero-order valence-corrected chi connectivity index (χ0v) is 26.2. The third-order valence-corrected chi connectivity index (χ3v) is 12.1. The lowest BCUT2D eigenvalue weighted by Crippen LogP contribution is -1.78. The highest BCUT2D eigenvalue weighted by Crippen LogP contribution is 2.51. The summed E-state index contributed by atoms with van der Waals surface area (Å²) in [5, 5.41) is 5.30. The quantitative estimate of drug-likeness (QED) is 0.177. The molecule has 0 fully saturated rings. The second-order valence-corrected chi connectivity index (χ2v) is 14.0. The van der Waals surface area contributed by atoms with Gasteiger partial charge in [0.15, 0.2) is 0 Å². The van der Waals surface area contributed by atoms with E-state index in [1.165, 1.54) is 78.6 Å². The molecule has 5 aromatic carbocycles. The molecule has 0 aliphatic heterocycles. The van der Waals surface area contributed by atoms with Gasteiger partial charge in [-0.3, -0.25) is 0 Å². The smallest absolute Gasteiger partial charge is 0.0534 e. The molecular weight excluding hydrogens is 577 g/mol. The molecule has 3 heteroatoms. The van der Waals surface area contributed by atoms with Crippen molar-refractivity contribution in [2.24, 2.45) is 0 Å². The molecule has 0 saturated heterocycles.